The van der Waals surface area contributed by atoms with Gasteiger partial charge in [-0.05, 0) is 64.5 Å². The number of amides is 1. The molecule has 4 aromatic carbocycles. The van der Waals surface area contributed by atoms with Crippen LogP contribution in [0, 0.1) is 10.1 Å². The average Bonchev–Trinajstić information content (AvgIpc) is 3.28. The first-order chi connectivity index (χ1) is 20.0. The van der Waals surface area contributed by atoms with Crippen molar-refractivity contribution in [1.29, 1.82) is 0 Å². The van der Waals surface area contributed by atoms with E-state index in [0.717, 1.165) is 22.1 Å². The van der Waals surface area contributed by atoms with E-state index >= 15 is 0 Å². The second-order valence-corrected chi connectivity index (χ2v) is 10.1. The Labute approximate surface area is 241 Å². The Morgan fingerprint density at radius 2 is 1.80 bits per heavy atom. The lowest BCUT2D eigenvalue weighted by molar-refractivity contribution is -0.384. The first-order valence-electron chi connectivity index (χ1n) is 12.8. The number of thioether (sulfide) groups is 1. The molecule has 1 fully saturated rings. The predicted molar refractivity (Wildman–Crippen MR) is 161 cm³/mol. The van der Waals surface area contributed by atoms with Crippen molar-refractivity contribution >= 4 is 51.1 Å². The van der Waals surface area contributed by atoms with Gasteiger partial charge >= 0.3 is 0 Å². The second kappa shape index (κ2) is 12.7. The van der Waals surface area contributed by atoms with Gasteiger partial charge in [-0.3, -0.25) is 19.8 Å². The van der Waals surface area contributed by atoms with Gasteiger partial charge in [0.15, 0.2) is 5.17 Å². The van der Waals surface area contributed by atoms with E-state index in [2.05, 4.69) is 0 Å². The summed E-state index contributed by atoms with van der Waals surface area (Å²) in [4.78, 5) is 31.2. The minimum absolute atomic E-state index is 0.000248. The van der Waals surface area contributed by atoms with Crippen LogP contribution < -0.4 is 9.47 Å². The average molecular weight is 570 g/mol. The summed E-state index contributed by atoms with van der Waals surface area (Å²) >= 11 is 1.28. The van der Waals surface area contributed by atoms with Crippen molar-refractivity contribution in [3.8, 4) is 11.5 Å². The first-order valence-corrected chi connectivity index (χ1v) is 13.6. The third-order valence-electron chi connectivity index (χ3n) is 6.43. The molecule has 0 unspecified atom stereocenters. The summed E-state index contributed by atoms with van der Waals surface area (Å²) in [7, 11) is 3.19. The van der Waals surface area contributed by atoms with Crippen molar-refractivity contribution < 1.29 is 23.9 Å². The highest BCUT2D eigenvalue weighted by molar-refractivity contribution is 8.18. The molecule has 1 heterocycles. The highest BCUT2D eigenvalue weighted by Gasteiger charge is 2.33. The number of nitrogens with zero attached hydrogens (tertiary/aromatic N) is 3. The Balaban J connectivity index is 1.51. The number of carbonyl (C=O) groups excluding carboxylic acids is 1. The Hall–Kier alpha value is -4.67. The van der Waals surface area contributed by atoms with Gasteiger partial charge in [0.1, 0.15) is 18.1 Å². The fourth-order valence-corrected chi connectivity index (χ4v) is 5.35. The number of hydrogen-bond donors (Lipinski definition) is 0. The molecule has 41 heavy (non-hydrogen) atoms. The number of nitro groups is 1. The molecule has 5 rings (SSSR count). The van der Waals surface area contributed by atoms with Gasteiger partial charge in [0, 0.05) is 24.8 Å². The maximum absolute atomic E-state index is 13.6. The summed E-state index contributed by atoms with van der Waals surface area (Å²) in [6.07, 6.45) is 1.83. The van der Waals surface area contributed by atoms with Crippen LogP contribution in [-0.2, 0) is 16.1 Å². The van der Waals surface area contributed by atoms with Gasteiger partial charge in [-0.25, -0.2) is 4.99 Å². The van der Waals surface area contributed by atoms with Crippen molar-refractivity contribution in [1.82, 2.24) is 4.90 Å². The molecule has 1 saturated heterocycles. The van der Waals surface area contributed by atoms with Gasteiger partial charge in [-0.2, -0.15) is 0 Å². The second-order valence-electron chi connectivity index (χ2n) is 9.07. The number of methoxy groups -OCH3 is 2. The smallest absolute Gasteiger partial charge is 0.269 e. The van der Waals surface area contributed by atoms with Crippen LogP contribution in [0.5, 0.6) is 11.5 Å². The van der Waals surface area contributed by atoms with E-state index in [1.54, 1.807) is 31.3 Å². The minimum Gasteiger partial charge on any atom is -0.497 e. The molecule has 4 aromatic rings. The zero-order valence-electron chi connectivity index (χ0n) is 22.5. The van der Waals surface area contributed by atoms with E-state index in [1.165, 1.54) is 23.9 Å². The zero-order valence-corrected chi connectivity index (χ0v) is 23.3. The summed E-state index contributed by atoms with van der Waals surface area (Å²) in [5.41, 5.74) is 2.09. The van der Waals surface area contributed by atoms with Gasteiger partial charge < -0.3 is 14.2 Å². The van der Waals surface area contributed by atoms with Crippen molar-refractivity contribution in [2.75, 3.05) is 27.4 Å². The van der Waals surface area contributed by atoms with Gasteiger partial charge in [0.05, 0.1) is 35.8 Å². The quantitative estimate of drug-likeness (QED) is 0.121. The molecular formula is C31H27N3O6S. The molecule has 0 atom stereocenters. The van der Waals surface area contributed by atoms with Crippen molar-refractivity contribution in [2.24, 2.45) is 4.99 Å². The number of amidine groups is 1. The SMILES string of the molecule is COCCN1C(=O)/C(=C/c2c(OCc3cccc([N+](=O)[O-])c3)ccc3ccccc23)SC1=Nc1ccc(OC)cc1. The molecule has 0 spiro atoms. The Morgan fingerprint density at radius 1 is 1.00 bits per heavy atom. The summed E-state index contributed by atoms with van der Waals surface area (Å²) < 4.78 is 16.7. The fourth-order valence-electron chi connectivity index (χ4n) is 4.34. The monoisotopic (exact) mass is 569 g/mol. The number of fused-ring (bicyclic) bond motifs is 1. The van der Waals surface area contributed by atoms with E-state index in [-0.39, 0.29) is 18.2 Å². The molecule has 0 radical (unpaired) electrons. The molecular weight excluding hydrogens is 542 g/mol. The third-order valence-corrected chi connectivity index (χ3v) is 7.43. The normalized spacial score (nSPS) is 15.2. The number of rotatable bonds is 10. The van der Waals surface area contributed by atoms with E-state index in [4.69, 9.17) is 19.2 Å². The van der Waals surface area contributed by atoms with E-state index in [9.17, 15) is 14.9 Å². The van der Waals surface area contributed by atoms with Crippen molar-refractivity contribution in [3.05, 3.63) is 111 Å². The lowest BCUT2D eigenvalue weighted by Gasteiger charge is -2.15. The number of nitro benzene ring substituents is 1. The van der Waals surface area contributed by atoms with Gasteiger partial charge in [-0.15, -0.1) is 0 Å². The Morgan fingerprint density at radius 3 is 2.56 bits per heavy atom. The van der Waals surface area contributed by atoms with E-state index < -0.39 is 4.92 Å². The lowest BCUT2D eigenvalue weighted by atomic mass is 10.0. The predicted octanol–water partition coefficient (Wildman–Crippen LogP) is 6.59. The van der Waals surface area contributed by atoms with Crippen LogP contribution in [0.1, 0.15) is 11.1 Å². The summed E-state index contributed by atoms with van der Waals surface area (Å²) in [5.74, 6) is 1.09. The molecule has 1 aliphatic heterocycles. The molecule has 9 nitrogen and oxygen atoms in total. The van der Waals surface area contributed by atoms with Gasteiger partial charge in [0.2, 0.25) is 0 Å². The third kappa shape index (κ3) is 6.40. The van der Waals surface area contributed by atoms with Crippen molar-refractivity contribution in [3.63, 3.8) is 0 Å². The molecule has 0 bridgehead atoms. The summed E-state index contributed by atoms with van der Waals surface area (Å²) in [6.45, 7) is 0.828. The molecule has 0 aliphatic carbocycles. The number of non-ortho nitro benzene ring substituents is 1. The van der Waals surface area contributed by atoms with E-state index in [0.29, 0.717) is 40.2 Å². The standard InChI is InChI=1S/C31H27N3O6S/c1-38-17-16-33-30(35)29(41-31(33)32-23-11-13-25(39-2)14-12-23)19-27-26-9-4-3-7-22(26)10-15-28(27)40-20-21-6-5-8-24(18-21)34(36)37/h3-15,18-19H,16-17,20H2,1-2H3/b29-19-,32-31?. The number of ether oxygens (including phenoxy) is 3. The molecule has 1 amide bonds. The largest absolute Gasteiger partial charge is 0.497 e. The van der Waals surface area contributed by atoms with Gasteiger partial charge in [0.25, 0.3) is 11.6 Å². The van der Waals surface area contributed by atoms with Crippen LogP contribution in [0.15, 0.2) is 94.8 Å². The lowest BCUT2D eigenvalue weighted by Crippen LogP contribution is -2.32. The van der Waals surface area contributed by atoms with Gasteiger partial charge in [-0.1, -0.05) is 42.5 Å². The van der Waals surface area contributed by atoms with Crippen LogP contribution in [-0.4, -0.2) is 48.3 Å². The Bertz CT molecular complexity index is 1650. The minimum atomic E-state index is -0.432. The Kier molecular flexibility index (Phi) is 8.61. The molecule has 10 heteroatoms. The number of benzene rings is 4. The highest BCUT2D eigenvalue weighted by Crippen LogP contribution is 2.38. The number of carbonyl (C=O) groups is 1. The highest BCUT2D eigenvalue weighted by atomic mass is 32.2. The van der Waals surface area contributed by atoms with E-state index in [1.807, 2.05) is 66.7 Å². The molecule has 208 valence electrons. The maximum Gasteiger partial charge on any atom is 0.269 e. The maximum atomic E-state index is 13.6. The fraction of sp³-hybridized carbons (Fsp3) is 0.161. The first kappa shape index (κ1) is 27.9. The zero-order chi connectivity index (χ0) is 28.8. The van der Waals surface area contributed by atoms with Crippen LogP contribution >= 0.6 is 11.8 Å². The van der Waals surface area contributed by atoms with Crippen LogP contribution in [0.4, 0.5) is 11.4 Å². The number of aliphatic imine (C=N–C) groups is 1. The number of hydrogen-bond acceptors (Lipinski definition) is 8. The van der Waals surface area contributed by atoms with Crippen LogP contribution in [0.2, 0.25) is 0 Å². The molecule has 1 aliphatic rings. The van der Waals surface area contributed by atoms with Crippen LogP contribution in [0.25, 0.3) is 16.8 Å². The van der Waals surface area contributed by atoms with Crippen molar-refractivity contribution in [2.45, 2.75) is 6.61 Å². The molecule has 0 N–H and O–H groups in total. The summed E-state index contributed by atoms with van der Waals surface area (Å²) in [5, 5.41) is 13.7. The molecule has 0 saturated carbocycles. The summed E-state index contributed by atoms with van der Waals surface area (Å²) in [6, 6.07) is 25.3. The molecule has 0 aromatic heterocycles. The van der Waals surface area contributed by atoms with Crippen LogP contribution in [0.3, 0.4) is 0 Å². The topological polar surface area (TPSA) is 104 Å².